The Hall–Kier alpha value is -2.85. The highest BCUT2D eigenvalue weighted by Gasteiger charge is 2.27. The highest BCUT2D eigenvalue weighted by atomic mass is 16.5. The molecule has 1 aliphatic rings. The summed E-state index contributed by atoms with van der Waals surface area (Å²) >= 11 is 0. The van der Waals surface area contributed by atoms with E-state index in [9.17, 15) is 14.9 Å². The van der Waals surface area contributed by atoms with Gasteiger partial charge in [-0.2, -0.15) is 5.26 Å². The van der Waals surface area contributed by atoms with Gasteiger partial charge in [0.2, 0.25) is 0 Å². The number of nitriles is 1. The van der Waals surface area contributed by atoms with Gasteiger partial charge in [0.05, 0.1) is 30.1 Å². The van der Waals surface area contributed by atoms with Gasteiger partial charge in [0.1, 0.15) is 11.6 Å². The minimum absolute atomic E-state index is 0.0320. The predicted octanol–water partition coefficient (Wildman–Crippen LogP) is 3.10. The van der Waals surface area contributed by atoms with Crippen LogP contribution in [0.2, 0.25) is 0 Å². The number of para-hydroxylation sites is 1. The molecule has 1 amide bonds. The highest BCUT2D eigenvalue weighted by Crippen LogP contribution is 2.18. The van der Waals surface area contributed by atoms with Gasteiger partial charge in [0, 0.05) is 19.3 Å². The number of hydrogen-bond donors (Lipinski definition) is 1. The Bertz CT molecular complexity index is 759. The maximum Gasteiger partial charge on any atom is 0.340 e. The maximum absolute atomic E-state index is 12.7. The van der Waals surface area contributed by atoms with Gasteiger partial charge in [-0.25, -0.2) is 4.79 Å². The number of esters is 1. The van der Waals surface area contributed by atoms with Crippen LogP contribution in [0.3, 0.4) is 0 Å². The van der Waals surface area contributed by atoms with Crippen LogP contribution in [-0.4, -0.2) is 48.7 Å². The zero-order valence-electron chi connectivity index (χ0n) is 16.6. The number of nitrogens with zero attached hydrogens (tertiary/aromatic N) is 2. The standard InChI is InChI=1S/C21H27N3O4/c1-4-5-10-27-21(26)18-8-6-7-9-19(18)23-12-17(11-22)20(25)24-13-15(2)28-16(3)14-24/h6-9,12,15-16,23H,4-5,10,13-14H2,1-3H3/b17-12-. The number of benzene rings is 1. The Kier molecular flexibility index (Phi) is 8.02. The second kappa shape index (κ2) is 10.5. The lowest BCUT2D eigenvalue weighted by molar-refractivity contribution is -0.138. The molecule has 2 atom stereocenters. The molecule has 1 fully saturated rings. The molecule has 150 valence electrons. The lowest BCUT2D eigenvalue weighted by Gasteiger charge is -2.35. The second-order valence-corrected chi connectivity index (χ2v) is 6.82. The summed E-state index contributed by atoms with van der Waals surface area (Å²) in [6.07, 6.45) is 2.90. The molecule has 1 aliphatic heterocycles. The molecule has 1 aromatic carbocycles. The van der Waals surface area contributed by atoms with Gasteiger partial charge in [-0.05, 0) is 32.4 Å². The lowest BCUT2D eigenvalue weighted by Crippen LogP contribution is -2.48. The van der Waals surface area contributed by atoms with E-state index < -0.39 is 5.97 Å². The topological polar surface area (TPSA) is 91.7 Å². The van der Waals surface area contributed by atoms with Crippen LogP contribution in [0.25, 0.3) is 0 Å². The quantitative estimate of drug-likeness (QED) is 0.336. The Morgan fingerprint density at radius 1 is 1.32 bits per heavy atom. The molecule has 1 N–H and O–H groups in total. The van der Waals surface area contributed by atoms with E-state index in [4.69, 9.17) is 9.47 Å². The first-order valence-electron chi connectivity index (χ1n) is 9.54. The molecule has 0 aromatic heterocycles. The van der Waals surface area contributed by atoms with Crippen molar-refractivity contribution in [3.63, 3.8) is 0 Å². The molecule has 7 nitrogen and oxygen atoms in total. The molecule has 28 heavy (non-hydrogen) atoms. The van der Waals surface area contributed by atoms with E-state index >= 15 is 0 Å². The summed E-state index contributed by atoms with van der Waals surface area (Å²) < 4.78 is 10.9. The zero-order valence-corrected chi connectivity index (χ0v) is 16.6. The van der Waals surface area contributed by atoms with Crippen molar-refractivity contribution in [1.82, 2.24) is 4.90 Å². The van der Waals surface area contributed by atoms with Crippen LogP contribution in [0.1, 0.15) is 44.0 Å². The minimum Gasteiger partial charge on any atom is -0.462 e. The van der Waals surface area contributed by atoms with E-state index in [0.717, 1.165) is 12.8 Å². The minimum atomic E-state index is -0.439. The van der Waals surface area contributed by atoms with Crippen LogP contribution < -0.4 is 5.32 Å². The van der Waals surface area contributed by atoms with Gasteiger partial charge < -0.3 is 19.7 Å². The number of amides is 1. The fourth-order valence-electron chi connectivity index (χ4n) is 2.98. The number of unbranched alkanes of at least 4 members (excludes halogenated alkanes) is 1. The summed E-state index contributed by atoms with van der Waals surface area (Å²) in [5.41, 5.74) is 0.803. The average Bonchev–Trinajstić information content (AvgIpc) is 2.68. The molecule has 0 bridgehead atoms. The van der Waals surface area contributed by atoms with Crippen molar-refractivity contribution >= 4 is 17.6 Å². The Labute approximate surface area is 165 Å². The Balaban J connectivity index is 2.11. The molecular formula is C21H27N3O4. The van der Waals surface area contributed by atoms with Crippen LogP contribution in [0.4, 0.5) is 5.69 Å². The first kappa shape index (κ1) is 21.5. The molecule has 0 spiro atoms. The lowest BCUT2D eigenvalue weighted by atomic mass is 10.1. The van der Waals surface area contributed by atoms with Crippen molar-refractivity contribution in [2.24, 2.45) is 0 Å². The normalized spacial score (nSPS) is 19.6. The predicted molar refractivity (Wildman–Crippen MR) is 106 cm³/mol. The van der Waals surface area contributed by atoms with E-state index in [2.05, 4.69) is 5.32 Å². The molecule has 1 saturated heterocycles. The molecule has 7 heteroatoms. The largest absolute Gasteiger partial charge is 0.462 e. The number of anilines is 1. The van der Waals surface area contributed by atoms with Crippen LogP contribution in [0, 0.1) is 11.3 Å². The summed E-state index contributed by atoms with van der Waals surface area (Å²) in [6.45, 7) is 7.03. The molecule has 0 radical (unpaired) electrons. The summed E-state index contributed by atoms with van der Waals surface area (Å²) in [7, 11) is 0. The molecule has 2 rings (SSSR count). The molecule has 1 heterocycles. The summed E-state index contributed by atoms with van der Waals surface area (Å²) in [5, 5.41) is 12.3. The van der Waals surface area contributed by atoms with E-state index in [1.54, 1.807) is 29.2 Å². The van der Waals surface area contributed by atoms with E-state index in [-0.39, 0.29) is 23.7 Å². The molecule has 0 aliphatic carbocycles. The van der Waals surface area contributed by atoms with Crippen molar-refractivity contribution in [2.75, 3.05) is 25.0 Å². The van der Waals surface area contributed by atoms with Crippen LogP contribution >= 0.6 is 0 Å². The number of hydrogen-bond acceptors (Lipinski definition) is 6. The fraction of sp³-hybridized carbons (Fsp3) is 0.476. The van der Waals surface area contributed by atoms with Gasteiger partial charge in [0.25, 0.3) is 5.91 Å². The Morgan fingerprint density at radius 2 is 2.00 bits per heavy atom. The van der Waals surface area contributed by atoms with Gasteiger partial charge in [-0.15, -0.1) is 0 Å². The highest BCUT2D eigenvalue weighted by molar-refractivity contribution is 5.99. The average molecular weight is 385 g/mol. The van der Waals surface area contributed by atoms with Gasteiger partial charge in [0.15, 0.2) is 0 Å². The van der Waals surface area contributed by atoms with E-state index in [0.29, 0.717) is 30.9 Å². The van der Waals surface area contributed by atoms with Crippen molar-refractivity contribution in [3.8, 4) is 6.07 Å². The summed E-state index contributed by atoms with van der Waals surface area (Å²) in [5.74, 6) is -0.800. The van der Waals surface area contributed by atoms with Gasteiger partial charge in [-0.1, -0.05) is 25.5 Å². The summed E-state index contributed by atoms with van der Waals surface area (Å²) in [4.78, 5) is 26.6. The third-order valence-electron chi connectivity index (χ3n) is 4.31. The third-order valence-corrected chi connectivity index (χ3v) is 4.31. The zero-order chi connectivity index (χ0) is 20.5. The van der Waals surface area contributed by atoms with Crippen molar-refractivity contribution in [1.29, 1.82) is 5.26 Å². The van der Waals surface area contributed by atoms with E-state index in [1.807, 2.05) is 26.8 Å². The molecule has 1 aromatic rings. The van der Waals surface area contributed by atoms with Gasteiger partial charge in [-0.3, -0.25) is 4.79 Å². The molecule has 2 unspecified atom stereocenters. The SMILES string of the molecule is CCCCOC(=O)c1ccccc1N/C=C(/C#N)C(=O)N1CC(C)OC(C)C1. The van der Waals surface area contributed by atoms with E-state index in [1.165, 1.54) is 6.20 Å². The van der Waals surface area contributed by atoms with Crippen molar-refractivity contribution in [2.45, 2.75) is 45.8 Å². The van der Waals surface area contributed by atoms with Crippen molar-refractivity contribution < 1.29 is 19.1 Å². The first-order chi connectivity index (χ1) is 13.5. The third kappa shape index (κ3) is 5.83. The smallest absolute Gasteiger partial charge is 0.340 e. The second-order valence-electron chi connectivity index (χ2n) is 6.82. The van der Waals surface area contributed by atoms with Crippen molar-refractivity contribution in [3.05, 3.63) is 41.6 Å². The Morgan fingerprint density at radius 3 is 2.64 bits per heavy atom. The number of carbonyl (C=O) groups is 2. The molecule has 0 saturated carbocycles. The number of rotatable bonds is 7. The number of morpholine rings is 1. The van der Waals surface area contributed by atoms with Gasteiger partial charge >= 0.3 is 5.97 Å². The monoisotopic (exact) mass is 385 g/mol. The fourth-order valence-corrected chi connectivity index (χ4v) is 2.98. The number of carbonyl (C=O) groups excluding carboxylic acids is 2. The number of ether oxygens (including phenoxy) is 2. The first-order valence-corrected chi connectivity index (χ1v) is 9.54. The maximum atomic E-state index is 12.7. The van der Waals surface area contributed by atoms with Crippen LogP contribution in [0.5, 0.6) is 0 Å². The van der Waals surface area contributed by atoms with Crippen LogP contribution in [0.15, 0.2) is 36.0 Å². The van der Waals surface area contributed by atoms with Crippen LogP contribution in [-0.2, 0) is 14.3 Å². The summed E-state index contributed by atoms with van der Waals surface area (Å²) in [6, 6.07) is 8.78. The number of nitrogens with one attached hydrogen (secondary N) is 1. The molecular weight excluding hydrogens is 358 g/mol.